The Morgan fingerprint density at radius 3 is 2.96 bits per heavy atom. The Morgan fingerprint density at radius 2 is 2.22 bits per heavy atom. The maximum Gasteiger partial charge on any atom is 0.410 e. The third-order valence-electron chi connectivity index (χ3n) is 4.04. The van der Waals surface area contributed by atoms with Gasteiger partial charge in [-0.2, -0.15) is 0 Å². The first-order valence-corrected chi connectivity index (χ1v) is 9.19. The summed E-state index contributed by atoms with van der Waals surface area (Å²) < 4.78 is 17.3. The van der Waals surface area contributed by atoms with Crippen LogP contribution < -0.4 is 4.74 Å². The minimum Gasteiger partial charge on any atom is -0.474 e. The van der Waals surface area contributed by atoms with Gasteiger partial charge >= 0.3 is 6.09 Å². The first-order chi connectivity index (χ1) is 12.7. The zero-order valence-electron chi connectivity index (χ0n) is 16.0. The van der Waals surface area contributed by atoms with E-state index in [1.165, 1.54) is 0 Å². The number of amides is 1. The van der Waals surface area contributed by atoms with Gasteiger partial charge in [0.05, 0.1) is 24.1 Å². The van der Waals surface area contributed by atoms with Crippen molar-refractivity contribution in [3.63, 3.8) is 0 Å². The van der Waals surface area contributed by atoms with Crippen LogP contribution in [0.5, 0.6) is 5.88 Å². The first-order valence-electron chi connectivity index (χ1n) is 8.81. The van der Waals surface area contributed by atoms with Gasteiger partial charge in [0.1, 0.15) is 23.0 Å². The Morgan fingerprint density at radius 1 is 1.44 bits per heavy atom. The number of hydrogen-bond acceptors (Lipinski definition) is 6. The van der Waals surface area contributed by atoms with Crippen LogP contribution in [0, 0.1) is 0 Å². The van der Waals surface area contributed by atoms with Gasteiger partial charge in [-0.25, -0.2) is 9.78 Å². The molecule has 3 rings (SSSR count). The molecule has 0 aliphatic carbocycles. The fourth-order valence-corrected chi connectivity index (χ4v) is 3.03. The van der Waals surface area contributed by atoms with E-state index in [1.54, 1.807) is 17.2 Å². The Bertz CT molecular complexity index is 839. The summed E-state index contributed by atoms with van der Waals surface area (Å²) in [5.74, 6) is 0.393. The lowest BCUT2D eigenvalue weighted by molar-refractivity contribution is -0.116. The largest absolute Gasteiger partial charge is 0.474 e. The second kappa shape index (κ2) is 7.48. The molecule has 1 saturated heterocycles. The zero-order chi connectivity index (χ0) is 19.7. The van der Waals surface area contributed by atoms with E-state index in [2.05, 4.69) is 9.97 Å². The number of pyridine rings is 2. The summed E-state index contributed by atoms with van der Waals surface area (Å²) in [6.45, 7) is 8.89. The fraction of sp³-hybridized carbons (Fsp3) is 0.526. The fourth-order valence-electron chi connectivity index (χ4n) is 2.85. The van der Waals surface area contributed by atoms with Crippen molar-refractivity contribution in [2.24, 2.45) is 0 Å². The molecule has 146 valence electrons. The lowest BCUT2D eigenvalue weighted by atomic mass is 10.1. The number of morpholine rings is 1. The predicted molar refractivity (Wildman–Crippen MR) is 102 cm³/mol. The summed E-state index contributed by atoms with van der Waals surface area (Å²) in [6.07, 6.45) is 1.33. The molecule has 0 bridgehead atoms. The summed E-state index contributed by atoms with van der Waals surface area (Å²) in [5.41, 5.74) is -0.523. The molecular formula is C19H24ClN3O4. The highest BCUT2D eigenvalue weighted by Gasteiger charge is 2.37. The van der Waals surface area contributed by atoms with Gasteiger partial charge in [-0.3, -0.25) is 4.98 Å². The second-order valence-corrected chi connectivity index (χ2v) is 8.20. The van der Waals surface area contributed by atoms with Crippen LogP contribution in [0.25, 0.3) is 10.9 Å². The van der Waals surface area contributed by atoms with E-state index >= 15 is 0 Å². The third-order valence-corrected chi connectivity index (χ3v) is 4.23. The average Bonchev–Trinajstić information content (AvgIpc) is 2.58. The van der Waals surface area contributed by atoms with Crippen molar-refractivity contribution in [3.05, 3.63) is 29.5 Å². The molecule has 1 fully saturated rings. The first kappa shape index (κ1) is 19.6. The van der Waals surface area contributed by atoms with Gasteiger partial charge in [0, 0.05) is 18.8 Å². The average molecular weight is 394 g/mol. The van der Waals surface area contributed by atoms with Crippen molar-refractivity contribution in [1.29, 1.82) is 0 Å². The summed E-state index contributed by atoms with van der Waals surface area (Å²) >= 11 is 6.07. The number of carbonyl (C=O) groups is 1. The molecule has 2 aromatic heterocycles. The molecule has 0 spiro atoms. The molecule has 0 aromatic carbocycles. The highest BCUT2D eigenvalue weighted by molar-refractivity contribution is 6.30. The summed E-state index contributed by atoms with van der Waals surface area (Å²) in [7, 11) is 0. The van der Waals surface area contributed by atoms with Crippen LogP contribution in [-0.2, 0) is 9.47 Å². The van der Waals surface area contributed by atoms with Crippen molar-refractivity contribution in [3.8, 4) is 5.88 Å². The van der Waals surface area contributed by atoms with E-state index in [1.807, 2.05) is 39.8 Å². The van der Waals surface area contributed by atoms with Crippen LogP contribution in [0.4, 0.5) is 4.79 Å². The molecular weight excluding hydrogens is 370 g/mol. The topological polar surface area (TPSA) is 73.8 Å². The number of rotatable bonds is 3. The molecule has 1 aliphatic rings. The van der Waals surface area contributed by atoms with E-state index in [4.69, 9.17) is 25.8 Å². The van der Waals surface area contributed by atoms with Crippen LogP contribution in [-0.4, -0.2) is 58.5 Å². The third kappa shape index (κ3) is 4.99. The minimum atomic E-state index is -0.687. The quantitative estimate of drug-likeness (QED) is 0.740. The number of ether oxygens (including phenoxy) is 3. The number of carbonyl (C=O) groups excluding carboxylic acids is 1. The maximum absolute atomic E-state index is 12.4. The van der Waals surface area contributed by atoms with Gasteiger partial charge in [0.25, 0.3) is 0 Å². The van der Waals surface area contributed by atoms with E-state index in [0.717, 1.165) is 5.39 Å². The molecule has 0 N–H and O–H groups in total. The van der Waals surface area contributed by atoms with Gasteiger partial charge in [-0.15, -0.1) is 0 Å². The normalized spacial score (nSPS) is 20.6. The van der Waals surface area contributed by atoms with Crippen LogP contribution in [0.2, 0.25) is 5.15 Å². The number of halogens is 1. The van der Waals surface area contributed by atoms with Gasteiger partial charge in [0.2, 0.25) is 5.88 Å². The van der Waals surface area contributed by atoms with Crippen molar-refractivity contribution >= 4 is 28.6 Å². The molecule has 1 atom stereocenters. The molecule has 2 aromatic rings. The molecule has 1 amide bonds. The highest BCUT2D eigenvalue weighted by Crippen LogP contribution is 2.27. The van der Waals surface area contributed by atoms with Crippen LogP contribution in [0.15, 0.2) is 24.4 Å². The predicted octanol–water partition coefficient (Wildman–Crippen LogP) is 3.69. The summed E-state index contributed by atoms with van der Waals surface area (Å²) in [6, 6.07) is 5.37. The van der Waals surface area contributed by atoms with Gasteiger partial charge in [0.15, 0.2) is 0 Å². The van der Waals surface area contributed by atoms with E-state index in [9.17, 15) is 4.79 Å². The number of nitrogens with zero attached hydrogens (tertiary/aromatic N) is 3. The van der Waals surface area contributed by atoms with Gasteiger partial charge in [-0.1, -0.05) is 11.6 Å². The molecule has 0 unspecified atom stereocenters. The number of hydrogen-bond donors (Lipinski definition) is 0. The molecule has 27 heavy (non-hydrogen) atoms. The number of aromatic nitrogens is 2. The van der Waals surface area contributed by atoms with Crippen molar-refractivity contribution in [2.45, 2.75) is 38.9 Å². The van der Waals surface area contributed by atoms with Crippen LogP contribution >= 0.6 is 11.6 Å². The Hall–Kier alpha value is -2.12. The van der Waals surface area contributed by atoms with Crippen molar-refractivity contribution in [2.75, 3.05) is 26.3 Å². The standard InChI is InChI=1S/C19H24ClN3O4/c1-18(2,3)27-17(24)23-8-9-26-19(4,11-23)12-25-16-13-6-5-7-21-14(13)10-15(20)22-16/h5-7,10H,8-9,11-12H2,1-4H3/t19-/m0/s1. The van der Waals surface area contributed by atoms with Crippen LogP contribution in [0.1, 0.15) is 27.7 Å². The maximum atomic E-state index is 12.4. The van der Waals surface area contributed by atoms with E-state index < -0.39 is 11.2 Å². The number of fused-ring (bicyclic) bond motifs is 1. The molecule has 0 radical (unpaired) electrons. The van der Waals surface area contributed by atoms with Crippen molar-refractivity contribution < 1.29 is 19.0 Å². The Labute approximate surface area is 163 Å². The highest BCUT2D eigenvalue weighted by atomic mass is 35.5. The molecule has 8 heteroatoms. The van der Waals surface area contributed by atoms with Crippen molar-refractivity contribution in [1.82, 2.24) is 14.9 Å². The van der Waals surface area contributed by atoms with Crippen LogP contribution in [0.3, 0.4) is 0 Å². The Kier molecular flexibility index (Phi) is 5.44. The monoisotopic (exact) mass is 393 g/mol. The summed E-state index contributed by atoms with van der Waals surface area (Å²) in [5, 5.41) is 1.08. The SMILES string of the molecule is CC(C)(C)OC(=O)N1CCO[C@](C)(COc2nc(Cl)cc3ncccc23)C1. The van der Waals surface area contributed by atoms with Gasteiger partial charge in [-0.05, 0) is 39.8 Å². The van der Waals surface area contributed by atoms with E-state index in [-0.39, 0.29) is 12.7 Å². The molecule has 0 saturated carbocycles. The lowest BCUT2D eigenvalue weighted by Gasteiger charge is -2.40. The van der Waals surface area contributed by atoms with Gasteiger partial charge < -0.3 is 19.1 Å². The molecule has 3 heterocycles. The smallest absolute Gasteiger partial charge is 0.410 e. The lowest BCUT2D eigenvalue weighted by Crippen LogP contribution is -2.55. The second-order valence-electron chi connectivity index (χ2n) is 7.81. The minimum absolute atomic E-state index is 0.212. The van der Waals surface area contributed by atoms with E-state index in [0.29, 0.717) is 36.2 Å². The molecule has 1 aliphatic heterocycles. The summed E-state index contributed by atoms with van der Waals surface area (Å²) in [4.78, 5) is 22.5. The molecule has 7 nitrogen and oxygen atoms in total. The Balaban J connectivity index is 1.71. The zero-order valence-corrected chi connectivity index (χ0v) is 16.7.